The van der Waals surface area contributed by atoms with Crippen LogP contribution in [0, 0.1) is 34.1 Å². The van der Waals surface area contributed by atoms with E-state index >= 15 is 17.6 Å². The van der Waals surface area contributed by atoms with Gasteiger partial charge in [0, 0.05) is 19.5 Å². The zero-order chi connectivity index (χ0) is 43.7. The maximum Gasteiger partial charge on any atom is 0.358 e. The van der Waals surface area contributed by atoms with Crippen molar-refractivity contribution in [2.24, 2.45) is 10.8 Å². The number of ether oxygens (including phenoxy) is 2. The summed E-state index contributed by atoms with van der Waals surface area (Å²) < 4.78 is 74.2. The van der Waals surface area contributed by atoms with Crippen molar-refractivity contribution in [1.29, 1.82) is 0 Å². The summed E-state index contributed by atoms with van der Waals surface area (Å²) in [7, 11) is 2.60. The average molecular weight is 845 g/mol. The second-order valence-corrected chi connectivity index (χ2v) is 17.8. The molecule has 0 aliphatic heterocycles. The van der Waals surface area contributed by atoms with Crippen LogP contribution in [0.25, 0.3) is 22.5 Å². The molecular weight excluding hydrogens is 805 g/mol. The van der Waals surface area contributed by atoms with Gasteiger partial charge in [0.25, 0.3) is 0 Å². The summed E-state index contributed by atoms with van der Waals surface area (Å²) in [5.41, 5.74) is 0.126. The van der Waals surface area contributed by atoms with Gasteiger partial charge in [-0.25, -0.2) is 27.3 Å². The Labute approximate surface area is 353 Å². The third kappa shape index (κ3) is 5.10. The van der Waals surface area contributed by atoms with Crippen LogP contribution in [-0.2, 0) is 20.3 Å². The molecule has 2 unspecified atom stereocenters. The highest BCUT2D eigenvalue weighted by Crippen LogP contribution is 2.74. The van der Waals surface area contributed by atoms with E-state index in [0.29, 0.717) is 34.8 Å². The predicted octanol–water partition coefficient (Wildman–Crippen LogP) is 7.96. The highest BCUT2D eigenvalue weighted by molar-refractivity contribution is 5.86. The van der Waals surface area contributed by atoms with Crippen molar-refractivity contribution in [1.82, 2.24) is 40.3 Å². The predicted molar refractivity (Wildman–Crippen MR) is 213 cm³/mol. The number of aromatic nitrogens is 8. The number of carbonyl (C=O) groups is 1. The van der Waals surface area contributed by atoms with Gasteiger partial charge >= 0.3 is 5.97 Å². The van der Waals surface area contributed by atoms with E-state index in [0.717, 1.165) is 24.1 Å². The molecule has 4 aromatic heterocycles. The Hall–Kier alpha value is -6.13. The third-order valence-corrected chi connectivity index (χ3v) is 14.8. The fourth-order valence-corrected chi connectivity index (χ4v) is 11.9. The van der Waals surface area contributed by atoms with Crippen molar-refractivity contribution in [3.05, 3.63) is 141 Å². The number of fused-ring (bicyclic) bond motifs is 10. The molecule has 4 aliphatic carbocycles. The fraction of sp³-hybridized carbons (Fsp3) is 0.370. The minimum atomic E-state index is -1.33. The minimum Gasteiger partial charge on any atom is -0.464 e. The maximum atomic E-state index is 17.6. The SMILES string of the molecule is COC(=O)c1cncc([C@@]23CC[C@@H](c4cc(-c5c(F)ccc(C6C[C@]7(c8cnc(C(O)OC)cn8)c8nnc(-c9c(F)cccc9F)cc8[C@H]6C7(C)C)c5F)nnc42)C3(C)C)n1. The van der Waals surface area contributed by atoms with Gasteiger partial charge in [0.2, 0.25) is 0 Å². The Morgan fingerprint density at radius 3 is 2.11 bits per heavy atom. The first kappa shape index (κ1) is 40.0. The lowest BCUT2D eigenvalue weighted by atomic mass is 9.66. The topological polar surface area (TPSA) is 159 Å². The summed E-state index contributed by atoms with van der Waals surface area (Å²) in [6.07, 6.45) is 6.18. The number of esters is 1. The second kappa shape index (κ2) is 13.7. The molecule has 4 bridgehead atoms. The number of aliphatic hydroxyl groups excluding tert-OH is 1. The van der Waals surface area contributed by atoms with Crippen LogP contribution in [-0.4, -0.2) is 65.6 Å². The van der Waals surface area contributed by atoms with E-state index < -0.39 is 69.0 Å². The molecule has 2 fully saturated rings. The van der Waals surface area contributed by atoms with Crippen molar-refractivity contribution >= 4 is 5.97 Å². The first-order valence-corrected chi connectivity index (χ1v) is 20.2. The molecule has 0 saturated heterocycles. The van der Waals surface area contributed by atoms with Gasteiger partial charge in [-0.2, -0.15) is 10.2 Å². The van der Waals surface area contributed by atoms with E-state index in [4.69, 9.17) is 19.6 Å². The van der Waals surface area contributed by atoms with Crippen molar-refractivity contribution in [2.45, 2.75) is 81.8 Å². The standard InChI is InChI=1S/C46H40F4N8O4/c1-43(2)25-12-13-45(43,34-19-51-17-32(54-34)42(60)62-6)39-22(25)14-30(56-57-39)36-28(49)11-10-21(38(36)50)24-16-46(33-20-52-31(18-53-33)41(59)61-5)40-23(37(24)44(46,3)4)15-29(55-58-40)35-26(47)8-7-9-27(35)48/h7-11,14-15,17-20,24-25,37,41,59H,12-13,16H2,1-6H3/t24?,25-,37+,41?,45-,46-/m0/s1. The molecule has 2 aromatic carbocycles. The molecule has 4 aliphatic rings. The number of aliphatic hydroxyl groups is 1. The van der Waals surface area contributed by atoms with Gasteiger partial charge in [0.1, 0.15) is 29.0 Å². The van der Waals surface area contributed by atoms with Gasteiger partial charge in [-0.1, -0.05) is 39.8 Å². The molecular formula is C46H40F4N8O4. The van der Waals surface area contributed by atoms with E-state index in [9.17, 15) is 9.90 Å². The Morgan fingerprint density at radius 1 is 0.758 bits per heavy atom. The number of halogens is 4. The lowest BCUT2D eigenvalue weighted by Gasteiger charge is -2.37. The van der Waals surface area contributed by atoms with Crippen LogP contribution in [0.1, 0.15) is 127 Å². The third-order valence-electron chi connectivity index (χ3n) is 14.8. The largest absolute Gasteiger partial charge is 0.464 e. The van der Waals surface area contributed by atoms with Gasteiger partial charge in [-0.05, 0) is 94.9 Å². The van der Waals surface area contributed by atoms with Crippen molar-refractivity contribution in [2.75, 3.05) is 14.2 Å². The van der Waals surface area contributed by atoms with Gasteiger partial charge in [0.15, 0.2) is 12.0 Å². The molecule has 0 amide bonds. The quantitative estimate of drug-likeness (QED) is 0.0897. The normalized spacial score (nSPS) is 25.1. The summed E-state index contributed by atoms with van der Waals surface area (Å²) in [6, 6.07) is 9.53. The number of rotatable bonds is 8. The van der Waals surface area contributed by atoms with Crippen LogP contribution in [0.5, 0.6) is 0 Å². The van der Waals surface area contributed by atoms with Crippen molar-refractivity contribution in [3.8, 4) is 22.5 Å². The fourth-order valence-electron chi connectivity index (χ4n) is 11.9. The number of benzene rings is 2. The number of nitrogens with zero attached hydrogens (tertiary/aromatic N) is 8. The van der Waals surface area contributed by atoms with Gasteiger partial charge in [-0.15, -0.1) is 10.2 Å². The van der Waals surface area contributed by atoms with Crippen molar-refractivity contribution in [3.63, 3.8) is 0 Å². The maximum absolute atomic E-state index is 17.6. The molecule has 4 heterocycles. The average Bonchev–Trinajstić information content (AvgIpc) is 3.83. The number of carbonyl (C=O) groups excluding carboxylic acids is 1. The molecule has 6 aromatic rings. The molecule has 2 saturated carbocycles. The van der Waals surface area contributed by atoms with Crippen LogP contribution < -0.4 is 0 Å². The minimum absolute atomic E-state index is 0.0207. The summed E-state index contributed by atoms with van der Waals surface area (Å²) >= 11 is 0. The molecule has 0 radical (unpaired) electrons. The van der Waals surface area contributed by atoms with Gasteiger partial charge < -0.3 is 14.6 Å². The van der Waals surface area contributed by atoms with Crippen LogP contribution in [0.2, 0.25) is 0 Å². The van der Waals surface area contributed by atoms with E-state index in [1.54, 1.807) is 18.3 Å². The Morgan fingerprint density at radius 2 is 1.44 bits per heavy atom. The van der Waals surface area contributed by atoms with Gasteiger partial charge in [-0.3, -0.25) is 15.0 Å². The summed E-state index contributed by atoms with van der Waals surface area (Å²) in [5.74, 6) is -5.14. The lowest BCUT2D eigenvalue weighted by Crippen LogP contribution is -2.38. The zero-order valence-corrected chi connectivity index (χ0v) is 34.5. The Balaban J connectivity index is 1.11. The summed E-state index contributed by atoms with van der Waals surface area (Å²) in [5, 5.41) is 28.5. The first-order chi connectivity index (χ1) is 29.6. The van der Waals surface area contributed by atoms with E-state index in [1.165, 1.54) is 51.0 Å². The molecule has 10 rings (SSSR count). The molecule has 12 nitrogen and oxygen atoms in total. The molecule has 16 heteroatoms. The van der Waals surface area contributed by atoms with E-state index in [2.05, 4.69) is 44.1 Å². The van der Waals surface area contributed by atoms with Crippen LogP contribution in [0.4, 0.5) is 17.6 Å². The molecule has 1 N–H and O–H groups in total. The second-order valence-electron chi connectivity index (χ2n) is 17.8. The van der Waals surface area contributed by atoms with Gasteiger partial charge in [0.05, 0.1) is 75.6 Å². The summed E-state index contributed by atoms with van der Waals surface area (Å²) in [6.45, 7) is 8.18. The lowest BCUT2D eigenvalue weighted by molar-refractivity contribution is -0.0801. The number of methoxy groups -OCH3 is 2. The van der Waals surface area contributed by atoms with Crippen LogP contribution in [0.15, 0.2) is 67.3 Å². The Kier molecular flexibility index (Phi) is 8.82. The van der Waals surface area contributed by atoms with Crippen LogP contribution >= 0.6 is 0 Å². The van der Waals surface area contributed by atoms with E-state index in [-0.39, 0.29) is 51.8 Å². The Bertz CT molecular complexity index is 2840. The van der Waals surface area contributed by atoms with Crippen LogP contribution in [0.3, 0.4) is 0 Å². The molecule has 316 valence electrons. The molecule has 62 heavy (non-hydrogen) atoms. The highest BCUT2D eigenvalue weighted by atomic mass is 19.1. The monoisotopic (exact) mass is 844 g/mol. The smallest absolute Gasteiger partial charge is 0.358 e. The van der Waals surface area contributed by atoms with E-state index in [1.807, 2.05) is 13.8 Å². The number of hydrogen-bond donors (Lipinski definition) is 1. The molecule has 0 spiro atoms. The first-order valence-electron chi connectivity index (χ1n) is 20.2. The van der Waals surface area contributed by atoms with Crippen molar-refractivity contribution < 1.29 is 36.9 Å². The summed E-state index contributed by atoms with van der Waals surface area (Å²) in [4.78, 5) is 30.7. The molecule has 6 atom stereocenters. The zero-order valence-electron chi connectivity index (χ0n) is 34.5. The highest BCUT2D eigenvalue weighted by Gasteiger charge is 2.69. The number of hydrogen-bond acceptors (Lipinski definition) is 12.